The second kappa shape index (κ2) is 4.03. The highest BCUT2D eigenvalue weighted by Crippen LogP contribution is 2.69. The Labute approximate surface area is 125 Å². The summed E-state index contributed by atoms with van der Waals surface area (Å²) in [5.74, 6) is -3.40. The third kappa shape index (κ3) is 1.64. The molecule has 2 fully saturated rings. The molecule has 1 aromatic heterocycles. The number of fused-ring (bicyclic) bond motifs is 2. The van der Waals surface area contributed by atoms with Crippen LogP contribution in [-0.2, 0) is 0 Å². The van der Waals surface area contributed by atoms with Gasteiger partial charge in [0.1, 0.15) is 0 Å². The molecule has 0 spiro atoms. The van der Waals surface area contributed by atoms with Crippen molar-refractivity contribution in [3.05, 3.63) is 35.2 Å². The van der Waals surface area contributed by atoms with E-state index in [4.69, 9.17) is 0 Å². The van der Waals surface area contributed by atoms with Crippen molar-refractivity contribution in [2.24, 2.45) is 11.3 Å². The summed E-state index contributed by atoms with van der Waals surface area (Å²) in [5, 5.41) is 2.76. The Balaban J connectivity index is 1.62. The molecule has 110 valence electrons. The number of piperidine rings is 1. The molecular weight excluding hydrogens is 292 g/mol. The van der Waals surface area contributed by atoms with Crippen LogP contribution in [0, 0.1) is 11.3 Å². The van der Waals surface area contributed by atoms with Gasteiger partial charge in [-0.1, -0.05) is 25.1 Å². The number of nitrogens with zero attached hydrogens (tertiary/aromatic N) is 1. The number of hydrogen-bond acceptors (Lipinski definition) is 2. The maximum atomic E-state index is 13.8. The summed E-state index contributed by atoms with van der Waals surface area (Å²) in [4.78, 5) is 14.2. The highest BCUT2D eigenvalue weighted by molar-refractivity contribution is 7.17. The fraction of sp³-hybridized carbons (Fsp3) is 0.438. The third-order valence-electron chi connectivity index (χ3n) is 5.19. The normalized spacial score (nSPS) is 30.2. The molecule has 0 radical (unpaired) electrons. The maximum Gasteiger partial charge on any atom is 0.259 e. The fourth-order valence-electron chi connectivity index (χ4n) is 3.51. The van der Waals surface area contributed by atoms with Gasteiger partial charge >= 0.3 is 0 Å². The van der Waals surface area contributed by atoms with Gasteiger partial charge in [-0.05, 0) is 12.5 Å². The summed E-state index contributed by atoms with van der Waals surface area (Å²) in [7, 11) is 0. The van der Waals surface area contributed by atoms with Crippen molar-refractivity contribution in [1.82, 2.24) is 4.90 Å². The second-order valence-corrected chi connectivity index (χ2v) is 7.15. The van der Waals surface area contributed by atoms with E-state index in [-0.39, 0.29) is 12.5 Å². The summed E-state index contributed by atoms with van der Waals surface area (Å²) in [6, 6.07) is 7.72. The minimum atomic E-state index is -2.61. The average molecular weight is 307 g/mol. The molecule has 1 aromatic carbocycles. The van der Waals surface area contributed by atoms with E-state index in [0.717, 1.165) is 10.1 Å². The third-order valence-corrected chi connectivity index (χ3v) is 6.15. The van der Waals surface area contributed by atoms with Crippen LogP contribution < -0.4 is 0 Å². The van der Waals surface area contributed by atoms with Crippen molar-refractivity contribution in [1.29, 1.82) is 0 Å². The summed E-state index contributed by atoms with van der Waals surface area (Å²) >= 11 is 1.52. The van der Waals surface area contributed by atoms with Gasteiger partial charge in [0.05, 0.1) is 11.5 Å². The Bertz CT molecular complexity index is 741. The van der Waals surface area contributed by atoms with Crippen molar-refractivity contribution < 1.29 is 13.6 Å². The van der Waals surface area contributed by atoms with Gasteiger partial charge in [-0.25, -0.2) is 8.78 Å². The van der Waals surface area contributed by atoms with E-state index in [1.54, 1.807) is 11.8 Å². The largest absolute Gasteiger partial charge is 0.338 e. The Morgan fingerprint density at radius 1 is 1.38 bits per heavy atom. The molecule has 1 aliphatic heterocycles. The number of thiophene rings is 1. The predicted octanol–water partition coefficient (Wildman–Crippen LogP) is 4.02. The molecule has 0 unspecified atom stereocenters. The maximum absolute atomic E-state index is 13.8. The monoisotopic (exact) mass is 307 g/mol. The second-order valence-electron chi connectivity index (χ2n) is 6.24. The van der Waals surface area contributed by atoms with E-state index in [2.05, 4.69) is 0 Å². The van der Waals surface area contributed by atoms with Crippen LogP contribution in [0.2, 0.25) is 0 Å². The van der Waals surface area contributed by atoms with E-state index >= 15 is 0 Å². The number of carbonyl (C=O) groups excluding carboxylic acids is 1. The van der Waals surface area contributed by atoms with Crippen LogP contribution in [0.5, 0.6) is 0 Å². The van der Waals surface area contributed by atoms with E-state index in [0.29, 0.717) is 18.5 Å². The first-order valence-corrected chi connectivity index (χ1v) is 7.96. The Hall–Kier alpha value is -1.49. The molecular formula is C16H15F2NOS. The van der Waals surface area contributed by atoms with Crippen LogP contribution in [0.3, 0.4) is 0 Å². The molecule has 1 saturated heterocycles. The topological polar surface area (TPSA) is 20.3 Å². The standard InChI is InChI=1S/C16H15F2NOS/c1-15-6-7-19(8-13(15)16(15,17)18)14(20)11-9-21-12-5-3-2-4-10(11)12/h2-5,9,13H,6-8H2,1H3/t13-,15+/m0/s1. The molecule has 2 aromatic rings. The van der Waals surface area contributed by atoms with Gasteiger partial charge in [-0.2, -0.15) is 0 Å². The number of rotatable bonds is 1. The summed E-state index contributed by atoms with van der Waals surface area (Å²) in [5.41, 5.74) is -0.247. The lowest BCUT2D eigenvalue weighted by molar-refractivity contribution is 0.0635. The van der Waals surface area contributed by atoms with Gasteiger partial charge in [0, 0.05) is 34.0 Å². The van der Waals surface area contributed by atoms with Crippen LogP contribution in [-0.4, -0.2) is 29.8 Å². The summed E-state index contributed by atoms with van der Waals surface area (Å²) < 4.78 is 28.6. The number of hydrogen-bond donors (Lipinski definition) is 0. The number of amides is 1. The molecule has 0 N–H and O–H groups in total. The number of benzene rings is 1. The first-order valence-electron chi connectivity index (χ1n) is 7.08. The molecule has 0 bridgehead atoms. The van der Waals surface area contributed by atoms with Gasteiger partial charge in [0.15, 0.2) is 0 Å². The molecule has 2 atom stereocenters. The number of carbonyl (C=O) groups is 1. The van der Waals surface area contributed by atoms with Crippen LogP contribution in [0.15, 0.2) is 29.6 Å². The van der Waals surface area contributed by atoms with Gasteiger partial charge in [-0.15, -0.1) is 11.3 Å². The lowest BCUT2D eigenvalue weighted by Crippen LogP contribution is -2.38. The first-order chi connectivity index (χ1) is 9.95. The van der Waals surface area contributed by atoms with Gasteiger partial charge < -0.3 is 4.90 Å². The van der Waals surface area contributed by atoms with Crippen molar-refractivity contribution >= 4 is 27.3 Å². The van der Waals surface area contributed by atoms with Crippen LogP contribution >= 0.6 is 11.3 Å². The quantitative estimate of drug-likeness (QED) is 0.779. The highest BCUT2D eigenvalue weighted by Gasteiger charge is 2.78. The lowest BCUT2D eigenvalue weighted by atomic mass is 9.97. The number of likely N-dealkylation sites (tertiary alicyclic amines) is 1. The fourth-order valence-corrected chi connectivity index (χ4v) is 4.44. The molecule has 2 heterocycles. The molecule has 1 saturated carbocycles. The highest BCUT2D eigenvalue weighted by atomic mass is 32.1. The molecule has 2 aliphatic rings. The Morgan fingerprint density at radius 3 is 2.90 bits per heavy atom. The Kier molecular flexibility index (Phi) is 2.53. The van der Waals surface area contributed by atoms with E-state index in [1.807, 2.05) is 29.6 Å². The minimum Gasteiger partial charge on any atom is -0.338 e. The lowest BCUT2D eigenvalue weighted by Gasteiger charge is -2.28. The zero-order chi connectivity index (χ0) is 14.8. The molecule has 21 heavy (non-hydrogen) atoms. The number of alkyl halides is 2. The van der Waals surface area contributed by atoms with E-state index in [1.165, 1.54) is 11.3 Å². The van der Waals surface area contributed by atoms with E-state index < -0.39 is 17.3 Å². The first kappa shape index (κ1) is 13.2. The van der Waals surface area contributed by atoms with Crippen LogP contribution in [0.25, 0.3) is 10.1 Å². The van der Waals surface area contributed by atoms with Crippen molar-refractivity contribution in [2.45, 2.75) is 19.3 Å². The summed E-state index contributed by atoms with van der Waals surface area (Å²) in [6.45, 7) is 2.23. The summed E-state index contributed by atoms with van der Waals surface area (Å²) in [6.07, 6.45) is 0.387. The van der Waals surface area contributed by atoms with Crippen molar-refractivity contribution in [3.63, 3.8) is 0 Å². The van der Waals surface area contributed by atoms with Crippen molar-refractivity contribution in [3.8, 4) is 0 Å². The number of halogens is 2. The molecule has 2 nitrogen and oxygen atoms in total. The van der Waals surface area contributed by atoms with Gasteiger partial charge in [0.2, 0.25) is 0 Å². The zero-order valence-electron chi connectivity index (χ0n) is 11.6. The van der Waals surface area contributed by atoms with Crippen LogP contribution in [0.4, 0.5) is 8.78 Å². The molecule has 5 heteroatoms. The SMILES string of the molecule is C[C@@]12CCN(C(=O)c3csc4ccccc34)C[C@@H]1C2(F)F. The molecule has 1 amide bonds. The molecule has 1 aliphatic carbocycles. The van der Waals surface area contributed by atoms with Gasteiger partial charge in [0.25, 0.3) is 11.8 Å². The zero-order valence-corrected chi connectivity index (χ0v) is 12.4. The average Bonchev–Trinajstić information content (AvgIpc) is 2.79. The van der Waals surface area contributed by atoms with Crippen LogP contribution in [0.1, 0.15) is 23.7 Å². The van der Waals surface area contributed by atoms with Crippen molar-refractivity contribution in [2.75, 3.05) is 13.1 Å². The smallest absolute Gasteiger partial charge is 0.259 e. The Morgan fingerprint density at radius 2 is 2.14 bits per heavy atom. The minimum absolute atomic E-state index is 0.114. The van der Waals surface area contributed by atoms with E-state index in [9.17, 15) is 13.6 Å². The predicted molar refractivity (Wildman–Crippen MR) is 78.9 cm³/mol. The van der Waals surface area contributed by atoms with Gasteiger partial charge in [-0.3, -0.25) is 4.79 Å². The molecule has 4 rings (SSSR count).